The molecule has 1 atom stereocenters. The maximum Gasteiger partial charge on any atom is 0.389 e. The summed E-state index contributed by atoms with van der Waals surface area (Å²) in [5.41, 5.74) is 0.625. The monoisotopic (exact) mass is 294 g/mol. The molecular formula is C13H18ClF3N2. The first kappa shape index (κ1) is 16.2. The van der Waals surface area contributed by atoms with Crippen molar-refractivity contribution in [2.24, 2.45) is 0 Å². The fourth-order valence-corrected chi connectivity index (χ4v) is 2.07. The molecule has 1 unspecified atom stereocenters. The van der Waals surface area contributed by atoms with Crippen LogP contribution in [0.4, 0.5) is 13.2 Å². The molecule has 0 amide bonds. The first-order valence-electron chi connectivity index (χ1n) is 6.34. The third-order valence-corrected chi connectivity index (χ3v) is 3.03. The Kier molecular flexibility index (Phi) is 6.58. The van der Waals surface area contributed by atoms with Crippen LogP contribution in [0, 0.1) is 0 Å². The Bertz CT molecular complexity index is 382. The number of nitrogens with zero attached hydrogens (tertiary/aromatic N) is 1. The standard InChI is InChI=1S/C13H18ClF3N2/c1-2-8-18-11(6-3-7-13(15,16)17)12-10(14)5-4-9-19-12/h4-5,9,11,18H,2-3,6-8H2,1H3. The minimum atomic E-state index is -4.11. The van der Waals surface area contributed by atoms with Gasteiger partial charge in [0.2, 0.25) is 0 Å². The van der Waals surface area contributed by atoms with Crippen molar-refractivity contribution in [2.75, 3.05) is 6.54 Å². The normalized spacial score (nSPS) is 13.5. The van der Waals surface area contributed by atoms with Crippen molar-refractivity contribution in [3.05, 3.63) is 29.0 Å². The molecule has 108 valence electrons. The van der Waals surface area contributed by atoms with Gasteiger partial charge in [-0.3, -0.25) is 4.98 Å². The predicted octanol–water partition coefficient (Wildman–Crippen LogP) is 4.51. The largest absolute Gasteiger partial charge is 0.389 e. The Balaban J connectivity index is 2.64. The Morgan fingerprint density at radius 2 is 2.16 bits per heavy atom. The average Bonchev–Trinajstić information content (AvgIpc) is 2.33. The molecule has 19 heavy (non-hydrogen) atoms. The zero-order chi connectivity index (χ0) is 14.3. The van der Waals surface area contributed by atoms with Gasteiger partial charge in [-0.2, -0.15) is 13.2 Å². The fraction of sp³-hybridized carbons (Fsp3) is 0.615. The highest BCUT2D eigenvalue weighted by Gasteiger charge is 2.27. The van der Waals surface area contributed by atoms with Gasteiger partial charge in [-0.05, 0) is 37.9 Å². The van der Waals surface area contributed by atoms with Gasteiger partial charge in [-0.15, -0.1) is 0 Å². The number of aromatic nitrogens is 1. The highest BCUT2D eigenvalue weighted by molar-refractivity contribution is 6.31. The van der Waals surface area contributed by atoms with Crippen molar-refractivity contribution in [1.82, 2.24) is 10.3 Å². The van der Waals surface area contributed by atoms with Crippen molar-refractivity contribution in [3.63, 3.8) is 0 Å². The summed E-state index contributed by atoms with van der Waals surface area (Å²) in [6, 6.07) is 3.18. The maximum atomic E-state index is 12.2. The van der Waals surface area contributed by atoms with Gasteiger partial charge in [-0.1, -0.05) is 18.5 Å². The van der Waals surface area contributed by atoms with E-state index < -0.39 is 12.6 Å². The second kappa shape index (κ2) is 7.70. The van der Waals surface area contributed by atoms with Gasteiger partial charge < -0.3 is 5.32 Å². The molecule has 1 aromatic rings. The quantitative estimate of drug-likeness (QED) is 0.800. The van der Waals surface area contributed by atoms with Crippen molar-refractivity contribution in [1.29, 1.82) is 0 Å². The molecule has 0 aliphatic heterocycles. The van der Waals surface area contributed by atoms with Crippen LogP contribution >= 0.6 is 11.6 Å². The van der Waals surface area contributed by atoms with E-state index in [-0.39, 0.29) is 12.5 Å². The molecule has 0 saturated carbocycles. The molecule has 6 heteroatoms. The molecule has 0 aromatic carbocycles. The molecule has 1 aromatic heterocycles. The summed E-state index contributed by atoms with van der Waals surface area (Å²) in [6.07, 6.45) is -1.94. The molecule has 0 spiro atoms. The zero-order valence-corrected chi connectivity index (χ0v) is 11.6. The minimum absolute atomic E-state index is 0.0672. The van der Waals surface area contributed by atoms with E-state index in [1.165, 1.54) is 0 Å². The van der Waals surface area contributed by atoms with Crippen molar-refractivity contribution in [3.8, 4) is 0 Å². The van der Waals surface area contributed by atoms with E-state index in [1.807, 2.05) is 6.92 Å². The van der Waals surface area contributed by atoms with Gasteiger partial charge in [-0.25, -0.2) is 0 Å². The third-order valence-electron chi connectivity index (χ3n) is 2.71. The average molecular weight is 295 g/mol. The van der Waals surface area contributed by atoms with Gasteiger partial charge in [0.25, 0.3) is 0 Å². The second-order valence-electron chi connectivity index (χ2n) is 4.38. The van der Waals surface area contributed by atoms with Crippen LogP contribution < -0.4 is 5.32 Å². The van der Waals surface area contributed by atoms with Crippen LogP contribution in [0.3, 0.4) is 0 Å². The summed E-state index contributed by atoms with van der Waals surface area (Å²) in [5.74, 6) is 0. The van der Waals surface area contributed by atoms with Crippen LogP contribution in [-0.4, -0.2) is 17.7 Å². The first-order chi connectivity index (χ1) is 8.94. The third kappa shape index (κ3) is 6.25. The van der Waals surface area contributed by atoms with E-state index in [4.69, 9.17) is 11.6 Å². The molecule has 1 rings (SSSR count). The molecule has 0 bridgehead atoms. The van der Waals surface area contributed by atoms with Crippen LogP contribution in [-0.2, 0) is 0 Å². The second-order valence-corrected chi connectivity index (χ2v) is 4.79. The number of rotatable bonds is 7. The molecule has 2 nitrogen and oxygen atoms in total. The molecular weight excluding hydrogens is 277 g/mol. The smallest absolute Gasteiger partial charge is 0.309 e. The first-order valence-corrected chi connectivity index (χ1v) is 6.72. The number of alkyl halides is 3. The molecule has 0 radical (unpaired) electrons. The van der Waals surface area contributed by atoms with E-state index in [0.29, 0.717) is 17.1 Å². The number of nitrogens with one attached hydrogen (secondary N) is 1. The van der Waals surface area contributed by atoms with E-state index in [0.717, 1.165) is 13.0 Å². The zero-order valence-electron chi connectivity index (χ0n) is 10.8. The van der Waals surface area contributed by atoms with Crippen molar-refractivity contribution >= 4 is 11.6 Å². The van der Waals surface area contributed by atoms with E-state index in [2.05, 4.69) is 10.3 Å². The summed E-state index contributed by atoms with van der Waals surface area (Å²) in [6.45, 7) is 2.73. The summed E-state index contributed by atoms with van der Waals surface area (Å²) in [5, 5.41) is 3.69. The lowest BCUT2D eigenvalue weighted by Crippen LogP contribution is -2.24. The lowest BCUT2D eigenvalue weighted by molar-refractivity contribution is -0.135. The van der Waals surface area contributed by atoms with Gasteiger partial charge in [0.15, 0.2) is 0 Å². The Morgan fingerprint density at radius 3 is 2.74 bits per heavy atom. The van der Waals surface area contributed by atoms with E-state index in [9.17, 15) is 13.2 Å². The Labute approximate surface area is 116 Å². The molecule has 1 heterocycles. The fourth-order valence-electron chi connectivity index (χ4n) is 1.81. The van der Waals surface area contributed by atoms with Gasteiger partial charge in [0.05, 0.1) is 16.8 Å². The van der Waals surface area contributed by atoms with Crippen LogP contribution in [0.1, 0.15) is 44.3 Å². The molecule has 0 fully saturated rings. The van der Waals surface area contributed by atoms with Crippen LogP contribution in [0.25, 0.3) is 0 Å². The number of hydrogen-bond donors (Lipinski definition) is 1. The molecule has 0 saturated heterocycles. The molecule has 1 N–H and O–H groups in total. The topological polar surface area (TPSA) is 24.9 Å². The van der Waals surface area contributed by atoms with Gasteiger partial charge in [0, 0.05) is 12.6 Å². The SMILES string of the molecule is CCCNC(CCCC(F)(F)F)c1ncccc1Cl. The van der Waals surface area contributed by atoms with Gasteiger partial charge >= 0.3 is 6.18 Å². The van der Waals surface area contributed by atoms with E-state index in [1.54, 1.807) is 18.3 Å². The Hall–Kier alpha value is -0.810. The lowest BCUT2D eigenvalue weighted by atomic mass is 10.1. The van der Waals surface area contributed by atoms with Crippen LogP contribution in [0.15, 0.2) is 18.3 Å². The summed E-state index contributed by atoms with van der Waals surface area (Å²) >= 11 is 6.04. The molecule has 0 aliphatic carbocycles. The lowest BCUT2D eigenvalue weighted by Gasteiger charge is -2.19. The summed E-state index contributed by atoms with van der Waals surface area (Å²) in [4.78, 5) is 4.17. The van der Waals surface area contributed by atoms with Crippen molar-refractivity contribution < 1.29 is 13.2 Å². The molecule has 0 aliphatic rings. The van der Waals surface area contributed by atoms with Gasteiger partial charge in [0.1, 0.15) is 0 Å². The highest BCUT2D eigenvalue weighted by atomic mass is 35.5. The number of pyridine rings is 1. The minimum Gasteiger partial charge on any atom is -0.309 e. The van der Waals surface area contributed by atoms with Crippen molar-refractivity contribution in [2.45, 2.75) is 44.8 Å². The Morgan fingerprint density at radius 1 is 1.42 bits per heavy atom. The number of hydrogen-bond acceptors (Lipinski definition) is 2. The highest BCUT2D eigenvalue weighted by Crippen LogP contribution is 2.28. The van der Waals surface area contributed by atoms with Crippen LogP contribution in [0.5, 0.6) is 0 Å². The van der Waals surface area contributed by atoms with E-state index >= 15 is 0 Å². The summed E-state index contributed by atoms with van der Waals surface area (Å²) < 4.78 is 36.5. The summed E-state index contributed by atoms with van der Waals surface area (Å²) in [7, 11) is 0. The number of halogens is 4. The van der Waals surface area contributed by atoms with Crippen LogP contribution in [0.2, 0.25) is 5.02 Å². The predicted molar refractivity (Wildman–Crippen MR) is 70.2 cm³/mol. The maximum absolute atomic E-state index is 12.2.